The molecule has 0 aliphatic rings. The first-order chi connectivity index (χ1) is 9.51. The molecule has 1 aromatic carbocycles. The molecule has 0 atom stereocenters. The lowest BCUT2D eigenvalue weighted by atomic mass is 10.2. The molecule has 0 spiro atoms. The second-order valence-electron chi connectivity index (χ2n) is 4.04. The lowest BCUT2D eigenvalue weighted by Gasteiger charge is -2.07. The molecule has 0 aliphatic heterocycles. The van der Waals surface area contributed by atoms with Crippen LogP contribution in [0.4, 0.5) is 0 Å². The van der Waals surface area contributed by atoms with Crippen LogP contribution in [0.1, 0.15) is 12.0 Å². The predicted octanol–water partition coefficient (Wildman–Crippen LogP) is 0.168. The monoisotopic (exact) mass is 295 g/mol. The molecule has 0 aliphatic carbocycles. The summed E-state index contributed by atoms with van der Waals surface area (Å²) in [6, 6.07) is 5.97. The van der Waals surface area contributed by atoms with Crippen LogP contribution in [0.15, 0.2) is 34.3 Å². The molecule has 4 N–H and O–H groups in total. The van der Waals surface area contributed by atoms with Gasteiger partial charge in [0.2, 0.25) is 0 Å². The number of amidine groups is 1. The third kappa shape index (κ3) is 4.57. The highest BCUT2D eigenvalue weighted by Crippen LogP contribution is 2.13. The number of terminal acetylenes is 1. The lowest BCUT2D eigenvalue weighted by molar-refractivity contribution is 0.318. The Bertz CT molecular complexity index is 618. The first kappa shape index (κ1) is 16.0. The summed E-state index contributed by atoms with van der Waals surface area (Å²) in [6.07, 6.45) is 5.65. The van der Waals surface area contributed by atoms with Crippen molar-refractivity contribution in [2.24, 2.45) is 10.9 Å². The van der Waals surface area contributed by atoms with E-state index in [4.69, 9.17) is 17.4 Å². The predicted molar refractivity (Wildman–Crippen MR) is 77.3 cm³/mol. The summed E-state index contributed by atoms with van der Waals surface area (Å²) in [5.41, 5.74) is 5.79. The van der Waals surface area contributed by atoms with E-state index in [2.05, 4.69) is 16.4 Å². The molecule has 0 heterocycles. The van der Waals surface area contributed by atoms with Crippen molar-refractivity contribution >= 4 is 15.7 Å². The number of nitrogens with zero attached hydrogens (tertiary/aromatic N) is 1. The van der Waals surface area contributed by atoms with Crippen LogP contribution in [0.5, 0.6) is 0 Å². The highest BCUT2D eigenvalue weighted by atomic mass is 32.2. The van der Waals surface area contributed by atoms with Crippen LogP contribution in [0.3, 0.4) is 0 Å². The highest BCUT2D eigenvalue weighted by molar-refractivity contribution is 7.91. The fraction of sp³-hybridized carbons (Fsp3) is 0.308. The van der Waals surface area contributed by atoms with Gasteiger partial charge in [0.25, 0.3) is 0 Å². The molecule has 0 amide bonds. The second-order valence-corrected chi connectivity index (χ2v) is 6.15. The summed E-state index contributed by atoms with van der Waals surface area (Å²) in [5, 5.41) is 14.4. The number of benzene rings is 1. The Morgan fingerprint density at radius 3 is 2.85 bits per heavy atom. The van der Waals surface area contributed by atoms with Crippen molar-refractivity contribution in [2.45, 2.75) is 11.3 Å². The fourth-order valence-electron chi connectivity index (χ4n) is 1.52. The van der Waals surface area contributed by atoms with E-state index in [0.717, 1.165) is 0 Å². The molecule has 20 heavy (non-hydrogen) atoms. The normalized spacial score (nSPS) is 12.1. The van der Waals surface area contributed by atoms with Crippen LogP contribution in [0.2, 0.25) is 0 Å². The molecule has 1 rings (SSSR count). The zero-order valence-corrected chi connectivity index (χ0v) is 11.7. The van der Waals surface area contributed by atoms with Gasteiger partial charge >= 0.3 is 0 Å². The third-order valence-electron chi connectivity index (χ3n) is 2.59. The standard InChI is InChI=1S/C13H17N3O3S/c1-2-3-7-15-8-9-20(18,19)12-6-4-5-11(10-12)13(14)16-17/h1,4-6,10,15,17H,3,7-9H2,(H2,14,16). The number of nitrogens with one attached hydrogen (secondary N) is 1. The molecule has 0 aromatic heterocycles. The molecule has 0 radical (unpaired) electrons. The van der Waals surface area contributed by atoms with E-state index < -0.39 is 9.84 Å². The van der Waals surface area contributed by atoms with Crippen molar-refractivity contribution < 1.29 is 13.6 Å². The van der Waals surface area contributed by atoms with Crippen molar-refractivity contribution in [1.29, 1.82) is 0 Å². The summed E-state index contributed by atoms with van der Waals surface area (Å²) < 4.78 is 24.2. The van der Waals surface area contributed by atoms with Crippen molar-refractivity contribution in [3.8, 4) is 12.3 Å². The maximum absolute atomic E-state index is 12.1. The zero-order chi connectivity index (χ0) is 15.0. The Balaban J connectivity index is 2.75. The van der Waals surface area contributed by atoms with E-state index in [1.165, 1.54) is 12.1 Å². The molecule has 0 unspecified atom stereocenters. The number of rotatable bonds is 7. The fourth-order valence-corrected chi connectivity index (χ4v) is 2.76. The first-order valence-corrected chi connectivity index (χ1v) is 7.61. The molecule has 6 nitrogen and oxygen atoms in total. The summed E-state index contributed by atoms with van der Waals surface area (Å²) in [6.45, 7) is 0.897. The van der Waals surface area contributed by atoms with Gasteiger partial charge in [0.1, 0.15) is 0 Å². The molecule has 1 aromatic rings. The molecule has 7 heteroatoms. The van der Waals surface area contributed by atoms with Crippen LogP contribution in [-0.4, -0.2) is 38.3 Å². The Morgan fingerprint density at radius 1 is 1.45 bits per heavy atom. The second kappa shape index (κ2) is 7.53. The Kier molecular flexibility index (Phi) is 6.03. The largest absolute Gasteiger partial charge is 0.409 e. The molecule has 0 saturated heterocycles. The Morgan fingerprint density at radius 2 is 2.20 bits per heavy atom. The van der Waals surface area contributed by atoms with Gasteiger partial charge in [-0.25, -0.2) is 8.42 Å². The van der Waals surface area contributed by atoms with Crippen molar-refractivity contribution in [3.63, 3.8) is 0 Å². The van der Waals surface area contributed by atoms with Gasteiger partial charge in [0.15, 0.2) is 15.7 Å². The number of nitrogens with two attached hydrogens (primary N) is 1. The topological polar surface area (TPSA) is 105 Å². The minimum Gasteiger partial charge on any atom is -0.409 e. The van der Waals surface area contributed by atoms with E-state index in [1.54, 1.807) is 12.1 Å². The maximum atomic E-state index is 12.1. The first-order valence-electron chi connectivity index (χ1n) is 5.96. The van der Waals surface area contributed by atoms with Gasteiger partial charge in [-0.05, 0) is 12.1 Å². The van der Waals surface area contributed by atoms with Crippen LogP contribution in [0, 0.1) is 12.3 Å². The molecule has 0 saturated carbocycles. The van der Waals surface area contributed by atoms with Crippen molar-refractivity contribution in [1.82, 2.24) is 5.32 Å². The summed E-state index contributed by atoms with van der Waals surface area (Å²) in [7, 11) is -3.42. The van der Waals surface area contributed by atoms with E-state index >= 15 is 0 Å². The van der Waals surface area contributed by atoms with Gasteiger partial charge in [0.05, 0.1) is 10.6 Å². The third-order valence-corrected chi connectivity index (χ3v) is 4.30. The zero-order valence-electron chi connectivity index (χ0n) is 10.9. The van der Waals surface area contributed by atoms with Gasteiger partial charge in [-0.15, -0.1) is 12.3 Å². The SMILES string of the molecule is C#CCCNCCS(=O)(=O)c1cccc(/C(N)=N\O)c1. The number of hydrogen-bond donors (Lipinski definition) is 3. The summed E-state index contributed by atoms with van der Waals surface area (Å²) in [5.74, 6) is 2.29. The van der Waals surface area contributed by atoms with Gasteiger partial charge in [-0.3, -0.25) is 0 Å². The maximum Gasteiger partial charge on any atom is 0.179 e. The smallest absolute Gasteiger partial charge is 0.179 e. The minimum atomic E-state index is -3.42. The van der Waals surface area contributed by atoms with E-state index in [0.29, 0.717) is 25.1 Å². The van der Waals surface area contributed by atoms with Gasteiger partial charge in [0, 0.05) is 25.1 Å². The van der Waals surface area contributed by atoms with Crippen LogP contribution < -0.4 is 11.1 Å². The minimum absolute atomic E-state index is 0.0444. The van der Waals surface area contributed by atoms with Crippen LogP contribution >= 0.6 is 0 Å². The van der Waals surface area contributed by atoms with E-state index in [1.807, 2.05) is 0 Å². The van der Waals surface area contributed by atoms with Crippen molar-refractivity contribution in [2.75, 3.05) is 18.8 Å². The average molecular weight is 295 g/mol. The number of oxime groups is 1. The van der Waals surface area contributed by atoms with E-state index in [9.17, 15) is 8.42 Å². The quantitative estimate of drug-likeness (QED) is 0.166. The van der Waals surface area contributed by atoms with Crippen LogP contribution in [0.25, 0.3) is 0 Å². The Labute approximate surface area is 118 Å². The molecule has 0 fully saturated rings. The summed E-state index contributed by atoms with van der Waals surface area (Å²) in [4.78, 5) is 0.139. The van der Waals surface area contributed by atoms with Gasteiger partial charge in [-0.2, -0.15) is 0 Å². The molecule has 0 bridgehead atoms. The summed E-state index contributed by atoms with van der Waals surface area (Å²) >= 11 is 0. The number of sulfone groups is 1. The number of hydrogen-bond acceptors (Lipinski definition) is 5. The Hall–Kier alpha value is -2.04. The van der Waals surface area contributed by atoms with Crippen LogP contribution in [-0.2, 0) is 9.84 Å². The molecular formula is C13H17N3O3S. The van der Waals surface area contributed by atoms with Gasteiger partial charge in [-0.1, -0.05) is 17.3 Å². The lowest BCUT2D eigenvalue weighted by Crippen LogP contribution is -2.24. The van der Waals surface area contributed by atoms with Gasteiger partial charge < -0.3 is 16.3 Å². The molecular weight excluding hydrogens is 278 g/mol. The van der Waals surface area contributed by atoms with Crippen molar-refractivity contribution in [3.05, 3.63) is 29.8 Å². The van der Waals surface area contributed by atoms with E-state index in [-0.39, 0.29) is 16.5 Å². The average Bonchev–Trinajstić information content (AvgIpc) is 2.46. The molecule has 108 valence electrons. The highest BCUT2D eigenvalue weighted by Gasteiger charge is 2.15.